The van der Waals surface area contributed by atoms with Crippen LogP contribution in [0.2, 0.25) is 0 Å². The second-order valence-electron chi connectivity index (χ2n) is 7.01. The van der Waals surface area contributed by atoms with Crippen LogP contribution < -0.4 is 5.56 Å². The molecule has 0 amide bonds. The number of hydrogen-bond donors (Lipinski definition) is 0. The van der Waals surface area contributed by atoms with Crippen molar-refractivity contribution in [3.05, 3.63) is 51.2 Å². The van der Waals surface area contributed by atoms with E-state index in [9.17, 15) is 10.1 Å². The lowest BCUT2D eigenvalue weighted by molar-refractivity contribution is 0.383. The molecule has 5 nitrogen and oxygen atoms in total. The molecule has 1 atom stereocenters. The molecular formula is C18H19FN4OS. The van der Waals surface area contributed by atoms with Gasteiger partial charge in [-0.2, -0.15) is 5.26 Å². The molecule has 2 aromatic rings. The SMILES string of the molecule is CC(C)(C)c1ccc([C@@H](F)c2nc3n(c(=O)c2C#N)CCCS3)cn1. The molecule has 0 saturated heterocycles. The van der Waals surface area contributed by atoms with Crippen molar-refractivity contribution in [1.82, 2.24) is 14.5 Å². The Balaban J connectivity index is 2.05. The van der Waals surface area contributed by atoms with E-state index in [1.165, 1.54) is 22.5 Å². The van der Waals surface area contributed by atoms with Crippen LogP contribution >= 0.6 is 11.8 Å². The van der Waals surface area contributed by atoms with E-state index in [2.05, 4.69) is 9.97 Å². The van der Waals surface area contributed by atoms with E-state index in [1.54, 1.807) is 12.1 Å². The number of halogens is 1. The Morgan fingerprint density at radius 1 is 1.40 bits per heavy atom. The van der Waals surface area contributed by atoms with Crippen LogP contribution in [0.4, 0.5) is 4.39 Å². The summed E-state index contributed by atoms with van der Waals surface area (Å²) < 4.78 is 16.5. The molecule has 1 aliphatic heterocycles. The molecule has 130 valence electrons. The molecule has 3 rings (SSSR count). The average Bonchev–Trinajstić information content (AvgIpc) is 2.60. The second-order valence-corrected chi connectivity index (χ2v) is 8.08. The van der Waals surface area contributed by atoms with Gasteiger partial charge in [0.25, 0.3) is 5.56 Å². The first-order valence-corrected chi connectivity index (χ1v) is 9.09. The average molecular weight is 358 g/mol. The standard InChI is InChI=1S/C18H19FN4OS/c1-18(2,3)13-6-5-11(10-21-13)14(19)15-12(9-20)16(24)23-7-4-8-25-17(23)22-15/h5-6,10,14H,4,7-8H2,1-3H3/t14-/m1/s1. The zero-order chi connectivity index (χ0) is 18.2. The number of alkyl halides is 1. The summed E-state index contributed by atoms with van der Waals surface area (Å²) in [7, 11) is 0. The van der Waals surface area contributed by atoms with Crippen LogP contribution in [-0.4, -0.2) is 20.3 Å². The highest BCUT2D eigenvalue weighted by atomic mass is 32.2. The third-order valence-corrected chi connectivity index (χ3v) is 5.18. The molecular weight excluding hydrogens is 339 g/mol. The van der Waals surface area contributed by atoms with Gasteiger partial charge in [-0.1, -0.05) is 38.6 Å². The minimum Gasteiger partial charge on any atom is -0.286 e. The normalized spacial score (nSPS) is 15.3. The highest BCUT2D eigenvalue weighted by Crippen LogP contribution is 2.30. The highest BCUT2D eigenvalue weighted by Gasteiger charge is 2.26. The molecule has 0 spiro atoms. The zero-order valence-corrected chi connectivity index (χ0v) is 15.2. The van der Waals surface area contributed by atoms with Crippen LogP contribution in [-0.2, 0) is 12.0 Å². The maximum atomic E-state index is 15.1. The van der Waals surface area contributed by atoms with Gasteiger partial charge in [0.05, 0.1) is 0 Å². The maximum Gasteiger partial charge on any atom is 0.272 e. The predicted octanol–water partition coefficient (Wildman–Crippen LogP) is 3.36. The summed E-state index contributed by atoms with van der Waals surface area (Å²) >= 11 is 1.41. The van der Waals surface area contributed by atoms with Gasteiger partial charge in [-0.3, -0.25) is 14.3 Å². The van der Waals surface area contributed by atoms with Crippen molar-refractivity contribution in [1.29, 1.82) is 5.26 Å². The van der Waals surface area contributed by atoms with Gasteiger partial charge in [0.1, 0.15) is 17.3 Å². The van der Waals surface area contributed by atoms with Crippen LogP contribution in [0.3, 0.4) is 0 Å². The smallest absolute Gasteiger partial charge is 0.272 e. The topological polar surface area (TPSA) is 71.6 Å². The van der Waals surface area contributed by atoms with Gasteiger partial charge in [-0.25, -0.2) is 9.37 Å². The molecule has 1 aliphatic rings. The quantitative estimate of drug-likeness (QED) is 0.770. The van der Waals surface area contributed by atoms with Crippen molar-refractivity contribution in [3.8, 4) is 6.07 Å². The third kappa shape index (κ3) is 3.31. The fourth-order valence-corrected chi connectivity index (χ4v) is 3.64. The molecule has 0 unspecified atom stereocenters. The van der Waals surface area contributed by atoms with Gasteiger partial charge in [0.2, 0.25) is 0 Å². The lowest BCUT2D eigenvalue weighted by atomic mass is 9.91. The molecule has 7 heteroatoms. The first-order chi connectivity index (χ1) is 11.8. The summed E-state index contributed by atoms with van der Waals surface area (Å²) in [5, 5.41) is 9.83. The molecule has 3 heterocycles. The van der Waals surface area contributed by atoms with Gasteiger partial charge in [0, 0.05) is 35.2 Å². The Hall–Kier alpha value is -2.20. The number of pyridine rings is 1. The molecule has 0 aromatic carbocycles. The van der Waals surface area contributed by atoms with Crippen LogP contribution in [0.5, 0.6) is 0 Å². The van der Waals surface area contributed by atoms with E-state index in [-0.39, 0.29) is 16.7 Å². The van der Waals surface area contributed by atoms with Gasteiger partial charge in [-0.15, -0.1) is 0 Å². The lowest BCUT2D eigenvalue weighted by Gasteiger charge is -2.20. The van der Waals surface area contributed by atoms with Crippen LogP contribution in [0.15, 0.2) is 28.3 Å². The first kappa shape index (κ1) is 17.6. The number of hydrogen-bond acceptors (Lipinski definition) is 5. The van der Waals surface area contributed by atoms with Crippen LogP contribution in [0.1, 0.15) is 55.9 Å². The highest BCUT2D eigenvalue weighted by molar-refractivity contribution is 7.99. The van der Waals surface area contributed by atoms with E-state index in [0.717, 1.165) is 17.9 Å². The molecule has 0 radical (unpaired) electrons. The van der Waals surface area contributed by atoms with Crippen molar-refractivity contribution in [2.45, 2.75) is 50.5 Å². The van der Waals surface area contributed by atoms with E-state index >= 15 is 4.39 Å². The van der Waals surface area contributed by atoms with Gasteiger partial charge < -0.3 is 0 Å². The molecule has 25 heavy (non-hydrogen) atoms. The van der Waals surface area contributed by atoms with Crippen LogP contribution in [0.25, 0.3) is 0 Å². The second kappa shape index (κ2) is 6.60. The minimum absolute atomic E-state index is 0.113. The molecule has 0 fully saturated rings. The molecule has 0 saturated carbocycles. The Bertz CT molecular complexity index is 894. The number of rotatable bonds is 2. The molecule has 0 N–H and O–H groups in total. The summed E-state index contributed by atoms with van der Waals surface area (Å²) in [6.07, 6.45) is 0.635. The van der Waals surface area contributed by atoms with Crippen molar-refractivity contribution in [2.75, 3.05) is 5.75 Å². The fraction of sp³-hybridized carbons (Fsp3) is 0.444. The number of fused-ring (bicyclic) bond motifs is 1. The predicted molar refractivity (Wildman–Crippen MR) is 94.4 cm³/mol. The number of nitrogens with zero attached hydrogens (tertiary/aromatic N) is 4. The van der Waals surface area contributed by atoms with Crippen LogP contribution in [0, 0.1) is 11.3 Å². The van der Waals surface area contributed by atoms with E-state index in [1.807, 2.05) is 26.8 Å². The van der Waals surface area contributed by atoms with Crippen molar-refractivity contribution >= 4 is 11.8 Å². The summed E-state index contributed by atoms with van der Waals surface area (Å²) in [6.45, 7) is 6.60. The van der Waals surface area contributed by atoms with E-state index < -0.39 is 11.7 Å². The number of nitriles is 1. The van der Waals surface area contributed by atoms with Gasteiger partial charge in [0.15, 0.2) is 11.3 Å². The summed E-state index contributed by atoms with van der Waals surface area (Å²) in [5.74, 6) is 0.830. The Morgan fingerprint density at radius 3 is 2.76 bits per heavy atom. The molecule has 0 aliphatic carbocycles. The number of thioether (sulfide) groups is 1. The monoisotopic (exact) mass is 358 g/mol. The Labute approximate surface area is 149 Å². The summed E-state index contributed by atoms with van der Waals surface area (Å²) in [5.41, 5.74) is 0.204. The number of aromatic nitrogens is 3. The Morgan fingerprint density at radius 2 is 2.16 bits per heavy atom. The third-order valence-electron chi connectivity index (χ3n) is 4.12. The van der Waals surface area contributed by atoms with Crippen molar-refractivity contribution in [2.24, 2.45) is 0 Å². The van der Waals surface area contributed by atoms with Crippen molar-refractivity contribution in [3.63, 3.8) is 0 Å². The zero-order valence-electron chi connectivity index (χ0n) is 14.4. The molecule has 2 aromatic heterocycles. The first-order valence-electron chi connectivity index (χ1n) is 8.11. The lowest BCUT2D eigenvalue weighted by Crippen LogP contribution is -2.30. The van der Waals surface area contributed by atoms with Crippen molar-refractivity contribution < 1.29 is 4.39 Å². The summed E-state index contributed by atoms with van der Waals surface area (Å²) in [6, 6.07) is 5.25. The summed E-state index contributed by atoms with van der Waals surface area (Å²) in [4.78, 5) is 21.1. The van der Waals surface area contributed by atoms with E-state index in [4.69, 9.17) is 0 Å². The maximum absolute atomic E-state index is 15.1. The van der Waals surface area contributed by atoms with Gasteiger partial charge in [-0.05, 0) is 12.5 Å². The van der Waals surface area contributed by atoms with Gasteiger partial charge >= 0.3 is 0 Å². The fourth-order valence-electron chi connectivity index (χ4n) is 2.69. The largest absolute Gasteiger partial charge is 0.286 e. The molecule has 0 bridgehead atoms. The minimum atomic E-state index is -1.66. The van der Waals surface area contributed by atoms with E-state index in [0.29, 0.717) is 17.3 Å². The Kier molecular flexibility index (Phi) is 4.65.